The van der Waals surface area contributed by atoms with E-state index in [1.165, 1.54) is 0 Å². The molecule has 5 heteroatoms. The van der Waals surface area contributed by atoms with E-state index in [4.69, 9.17) is 5.11 Å². The number of fused-ring (bicyclic) bond motifs is 2. The molecule has 4 rings (SSSR count). The normalized spacial score (nSPS) is 12.4. The van der Waals surface area contributed by atoms with Crippen LogP contribution in [0.15, 0.2) is 54.6 Å². The van der Waals surface area contributed by atoms with Gasteiger partial charge in [-0.1, -0.05) is 42.0 Å². The quantitative estimate of drug-likeness (QED) is 0.412. The lowest BCUT2D eigenvalue weighted by Crippen LogP contribution is -2.24. The molecule has 30 heavy (non-hydrogen) atoms. The van der Waals surface area contributed by atoms with Crippen molar-refractivity contribution in [1.82, 2.24) is 0 Å². The molecule has 0 radical (unpaired) electrons. The molecule has 0 heterocycles. The van der Waals surface area contributed by atoms with Crippen LogP contribution in [-0.4, -0.2) is 29.8 Å². The van der Waals surface area contributed by atoms with Gasteiger partial charge in [-0.25, -0.2) is 0 Å². The van der Waals surface area contributed by atoms with Gasteiger partial charge in [0.2, 0.25) is 0 Å². The zero-order valence-electron chi connectivity index (χ0n) is 17.1. The number of hydrogen-bond acceptors (Lipinski definition) is 5. The molecule has 152 valence electrons. The van der Waals surface area contributed by atoms with Crippen molar-refractivity contribution in [2.45, 2.75) is 20.3 Å². The average Bonchev–Trinajstić information content (AvgIpc) is 2.74. The molecule has 0 saturated carbocycles. The van der Waals surface area contributed by atoms with E-state index in [0.717, 1.165) is 16.8 Å². The number of hydrogen-bond donors (Lipinski definition) is 3. The predicted molar refractivity (Wildman–Crippen MR) is 119 cm³/mol. The lowest BCUT2D eigenvalue weighted by molar-refractivity contribution is 0.0980. The van der Waals surface area contributed by atoms with Crippen LogP contribution in [0.25, 0.3) is 0 Å². The molecule has 3 aromatic rings. The summed E-state index contributed by atoms with van der Waals surface area (Å²) in [6, 6.07) is 16.6. The summed E-state index contributed by atoms with van der Waals surface area (Å²) >= 11 is 0. The van der Waals surface area contributed by atoms with Gasteiger partial charge in [-0.3, -0.25) is 9.59 Å². The zero-order chi connectivity index (χ0) is 21.3. The van der Waals surface area contributed by atoms with Crippen molar-refractivity contribution in [3.05, 3.63) is 88.0 Å². The fourth-order valence-electron chi connectivity index (χ4n) is 3.88. The van der Waals surface area contributed by atoms with Crippen molar-refractivity contribution < 1.29 is 14.7 Å². The van der Waals surface area contributed by atoms with Crippen molar-refractivity contribution in [3.8, 4) is 0 Å². The van der Waals surface area contributed by atoms with Crippen LogP contribution in [0.1, 0.15) is 49.4 Å². The minimum absolute atomic E-state index is 0.0528. The number of ketones is 2. The largest absolute Gasteiger partial charge is 0.396 e. The third-order valence-electron chi connectivity index (χ3n) is 5.38. The lowest BCUT2D eigenvalue weighted by atomic mass is 9.82. The first-order valence-corrected chi connectivity index (χ1v) is 10.1. The summed E-state index contributed by atoms with van der Waals surface area (Å²) in [6.07, 6.45) is 0.552. The molecular formula is C25H24N2O3. The van der Waals surface area contributed by atoms with Crippen LogP contribution in [0.3, 0.4) is 0 Å². The van der Waals surface area contributed by atoms with Crippen LogP contribution in [0.2, 0.25) is 0 Å². The smallest absolute Gasteiger partial charge is 0.196 e. The number of benzene rings is 3. The molecule has 0 saturated heterocycles. The second-order valence-electron chi connectivity index (χ2n) is 7.56. The number of aryl methyl sites for hydroxylation is 2. The maximum Gasteiger partial charge on any atom is 0.196 e. The Hall–Kier alpha value is -3.44. The van der Waals surface area contributed by atoms with Crippen molar-refractivity contribution in [3.63, 3.8) is 0 Å². The lowest BCUT2D eigenvalue weighted by Gasteiger charge is -2.24. The van der Waals surface area contributed by atoms with E-state index in [1.807, 2.05) is 38.1 Å². The molecule has 0 aromatic heterocycles. The Morgan fingerprint density at radius 3 is 2.03 bits per heavy atom. The van der Waals surface area contributed by atoms with Crippen LogP contribution < -0.4 is 10.6 Å². The topological polar surface area (TPSA) is 78.4 Å². The van der Waals surface area contributed by atoms with Crippen molar-refractivity contribution >= 4 is 28.6 Å². The Morgan fingerprint density at radius 2 is 1.40 bits per heavy atom. The highest BCUT2D eigenvalue weighted by Crippen LogP contribution is 2.38. The van der Waals surface area contributed by atoms with Gasteiger partial charge in [-0.15, -0.1) is 0 Å². The van der Waals surface area contributed by atoms with Gasteiger partial charge in [-0.05, 0) is 44.0 Å². The molecule has 1 aliphatic carbocycles. The zero-order valence-corrected chi connectivity index (χ0v) is 17.1. The summed E-state index contributed by atoms with van der Waals surface area (Å²) in [5.41, 5.74) is 5.93. The Bertz CT molecular complexity index is 1150. The minimum atomic E-state index is -0.170. The van der Waals surface area contributed by atoms with E-state index in [1.54, 1.807) is 24.3 Å². The van der Waals surface area contributed by atoms with E-state index < -0.39 is 0 Å². The average molecular weight is 400 g/mol. The number of aliphatic hydroxyl groups excluding tert-OH is 1. The standard InChI is InChI=1S/C25H24N2O3/c1-15-8-9-19(16(2)14-15)27-21-11-10-20(26-12-5-13-28)22-23(21)25(30)18-7-4-3-6-17(18)24(22)29/h3-4,6-11,14,26-28H,5,12-13H2,1-2H3. The minimum Gasteiger partial charge on any atom is -0.396 e. The molecule has 0 bridgehead atoms. The van der Waals surface area contributed by atoms with Crippen LogP contribution in [0.4, 0.5) is 17.1 Å². The molecule has 5 nitrogen and oxygen atoms in total. The van der Waals surface area contributed by atoms with E-state index in [-0.39, 0.29) is 18.2 Å². The number of anilines is 3. The van der Waals surface area contributed by atoms with Gasteiger partial charge in [0, 0.05) is 35.7 Å². The third kappa shape index (κ3) is 3.48. The Morgan fingerprint density at radius 1 is 0.800 bits per heavy atom. The first-order valence-electron chi connectivity index (χ1n) is 10.1. The predicted octanol–water partition coefficient (Wildman–Crippen LogP) is 4.62. The molecule has 0 amide bonds. The number of carbonyl (C=O) groups excluding carboxylic acids is 2. The molecule has 0 spiro atoms. The molecule has 0 aliphatic heterocycles. The first kappa shape index (κ1) is 19.9. The number of nitrogens with one attached hydrogen (secondary N) is 2. The van der Waals surface area contributed by atoms with Gasteiger partial charge in [0.25, 0.3) is 0 Å². The third-order valence-corrected chi connectivity index (χ3v) is 5.38. The molecule has 0 fully saturated rings. The number of aliphatic hydroxyl groups is 1. The highest BCUT2D eigenvalue weighted by Gasteiger charge is 2.33. The maximum atomic E-state index is 13.4. The van der Waals surface area contributed by atoms with Crippen molar-refractivity contribution in [2.75, 3.05) is 23.8 Å². The van der Waals surface area contributed by atoms with Gasteiger partial charge in [0.05, 0.1) is 16.8 Å². The van der Waals surface area contributed by atoms with E-state index in [9.17, 15) is 9.59 Å². The fraction of sp³-hybridized carbons (Fsp3) is 0.200. The van der Waals surface area contributed by atoms with Gasteiger partial charge in [-0.2, -0.15) is 0 Å². The molecule has 3 N–H and O–H groups in total. The summed E-state index contributed by atoms with van der Waals surface area (Å²) in [6.45, 7) is 4.60. The number of carbonyl (C=O) groups is 2. The summed E-state index contributed by atoms with van der Waals surface area (Å²) < 4.78 is 0. The van der Waals surface area contributed by atoms with Crippen LogP contribution in [0, 0.1) is 13.8 Å². The second-order valence-corrected chi connectivity index (χ2v) is 7.56. The van der Waals surface area contributed by atoms with E-state index in [0.29, 0.717) is 46.6 Å². The van der Waals surface area contributed by atoms with Crippen LogP contribution in [-0.2, 0) is 0 Å². The summed E-state index contributed by atoms with van der Waals surface area (Å²) in [5.74, 6) is -0.339. The molecule has 0 unspecified atom stereocenters. The number of rotatable bonds is 6. The summed E-state index contributed by atoms with van der Waals surface area (Å²) in [4.78, 5) is 26.8. The Kier molecular flexibility index (Phi) is 5.38. The van der Waals surface area contributed by atoms with Crippen LogP contribution in [0.5, 0.6) is 0 Å². The highest BCUT2D eigenvalue weighted by molar-refractivity contribution is 6.32. The molecule has 1 aliphatic rings. The summed E-state index contributed by atoms with van der Waals surface area (Å²) in [5, 5.41) is 15.7. The maximum absolute atomic E-state index is 13.4. The van der Waals surface area contributed by atoms with Gasteiger partial charge in [0.15, 0.2) is 11.6 Å². The Labute approximate surface area is 175 Å². The second kappa shape index (κ2) is 8.13. The fourth-order valence-corrected chi connectivity index (χ4v) is 3.88. The highest BCUT2D eigenvalue weighted by atomic mass is 16.3. The van der Waals surface area contributed by atoms with Gasteiger partial charge in [0.1, 0.15) is 0 Å². The van der Waals surface area contributed by atoms with E-state index in [2.05, 4.69) is 16.7 Å². The Balaban J connectivity index is 1.85. The van der Waals surface area contributed by atoms with Crippen molar-refractivity contribution in [2.24, 2.45) is 0 Å². The first-order chi connectivity index (χ1) is 14.5. The SMILES string of the molecule is Cc1ccc(Nc2ccc(NCCCO)c3c2C(=O)c2ccccc2C3=O)c(C)c1. The van der Waals surface area contributed by atoms with Crippen molar-refractivity contribution in [1.29, 1.82) is 0 Å². The monoisotopic (exact) mass is 400 g/mol. The van der Waals surface area contributed by atoms with E-state index >= 15 is 0 Å². The molecule has 3 aromatic carbocycles. The van der Waals surface area contributed by atoms with Gasteiger partial charge >= 0.3 is 0 Å². The summed E-state index contributed by atoms with van der Waals surface area (Å²) in [7, 11) is 0. The molecular weight excluding hydrogens is 376 g/mol. The van der Waals surface area contributed by atoms with Crippen LogP contribution >= 0.6 is 0 Å². The molecule has 0 atom stereocenters. The van der Waals surface area contributed by atoms with Gasteiger partial charge < -0.3 is 15.7 Å².